The summed E-state index contributed by atoms with van der Waals surface area (Å²) in [7, 11) is -3.02. The molecule has 0 fully saturated rings. The molecule has 0 bridgehead atoms. The van der Waals surface area contributed by atoms with Crippen molar-refractivity contribution in [3.05, 3.63) is 11.5 Å². The van der Waals surface area contributed by atoms with Gasteiger partial charge < -0.3 is 4.55 Å². The van der Waals surface area contributed by atoms with E-state index in [4.69, 9.17) is 4.55 Å². The van der Waals surface area contributed by atoms with E-state index in [1.165, 1.54) is 6.08 Å². The summed E-state index contributed by atoms with van der Waals surface area (Å²) in [5.41, 5.74) is 0. The first-order valence-electron chi connectivity index (χ1n) is 1.66. The van der Waals surface area contributed by atoms with E-state index in [1.54, 1.807) is 6.92 Å². The zero-order chi connectivity index (χ0) is 5.91. The van der Waals surface area contributed by atoms with E-state index >= 15 is 0 Å². The summed E-state index contributed by atoms with van der Waals surface area (Å²) in [5, 5.41) is 1.09. The van der Waals surface area contributed by atoms with Crippen LogP contribution in [0, 0.1) is 0 Å². The van der Waals surface area contributed by atoms with E-state index in [9.17, 15) is 4.21 Å². The largest absolute Gasteiger partial charge is 0.302 e. The molecule has 0 aromatic carbocycles. The molecule has 0 radical (unpaired) electrons. The lowest BCUT2D eigenvalue weighted by atomic mass is 10.8. The predicted molar refractivity (Wildman–Crippen MR) is 33.0 cm³/mol. The van der Waals surface area contributed by atoms with Gasteiger partial charge in [-0.2, -0.15) is 0 Å². The van der Waals surface area contributed by atoms with Crippen molar-refractivity contribution in [2.75, 3.05) is 0 Å². The van der Waals surface area contributed by atoms with E-state index in [1.807, 2.05) is 0 Å². The van der Waals surface area contributed by atoms with Crippen LogP contribution < -0.4 is 0 Å². The van der Waals surface area contributed by atoms with Crippen LogP contribution in [0.3, 0.4) is 0 Å². The lowest BCUT2D eigenvalue weighted by molar-refractivity contribution is 0.571. The second kappa shape index (κ2) is 2.40. The number of hydrogen-bond acceptors (Lipinski definition) is 2. The minimum atomic E-state index is -3.02. The van der Waals surface area contributed by atoms with Gasteiger partial charge >= 0.3 is 0 Å². The first-order chi connectivity index (χ1) is 3.06. The van der Waals surface area contributed by atoms with Crippen molar-refractivity contribution in [1.29, 1.82) is 0 Å². The van der Waals surface area contributed by atoms with Crippen molar-refractivity contribution >= 4 is 20.0 Å². The Kier molecular flexibility index (Phi) is 2.42. The van der Waals surface area contributed by atoms with E-state index in [0.717, 1.165) is 5.41 Å². The Labute approximate surface area is 47.7 Å². The van der Waals surface area contributed by atoms with Crippen molar-refractivity contribution < 1.29 is 8.76 Å². The zero-order valence-electron chi connectivity index (χ0n) is 3.83. The predicted octanol–water partition coefficient (Wildman–Crippen LogP) is 0.739. The summed E-state index contributed by atoms with van der Waals surface area (Å²) < 4.78 is 18.3. The molecular weight excluding hydrogens is 132 g/mol. The SMILES string of the molecule is CC=CS(=O)(O)=S. The molecule has 0 aromatic heterocycles. The van der Waals surface area contributed by atoms with Crippen LogP contribution in [-0.4, -0.2) is 8.76 Å². The van der Waals surface area contributed by atoms with Gasteiger partial charge in [-0.05, 0) is 6.92 Å². The third-order valence-electron chi connectivity index (χ3n) is 0.308. The molecule has 0 heterocycles. The molecule has 0 amide bonds. The molecule has 0 aliphatic carbocycles. The van der Waals surface area contributed by atoms with Crippen LogP contribution in [0.5, 0.6) is 0 Å². The van der Waals surface area contributed by atoms with E-state index in [2.05, 4.69) is 11.2 Å². The molecule has 42 valence electrons. The van der Waals surface area contributed by atoms with Gasteiger partial charge in [-0.1, -0.05) is 6.08 Å². The minimum absolute atomic E-state index is 1.09. The van der Waals surface area contributed by atoms with Crippen LogP contribution in [-0.2, 0) is 20.0 Å². The fourth-order valence-corrected chi connectivity index (χ4v) is 0.849. The average Bonchev–Trinajstić information content (AvgIpc) is 1.30. The van der Waals surface area contributed by atoms with Gasteiger partial charge in [-0.15, -0.1) is 0 Å². The van der Waals surface area contributed by atoms with Crippen LogP contribution in [0.4, 0.5) is 0 Å². The maximum atomic E-state index is 10.1. The molecule has 0 aliphatic heterocycles. The Morgan fingerprint density at radius 1 is 1.86 bits per heavy atom. The van der Waals surface area contributed by atoms with Crippen LogP contribution in [0.2, 0.25) is 0 Å². The molecule has 1 N–H and O–H groups in total. The lowest BCUT2D eigenvalue weighted by Crippen LogP contribution is -1.84. The summed E-state index contributed by atoms with van der Waals surface area (Å²) in [6.45, 7) is 1.64. The average molecular weight is 138 g/mol. The van der Waals surface area contributed by atoms with E-state index in [0.29, 0.717) is 0 Å². The number of rotatable bonds is 1. The standard InChI is InChI=1S/C3H6O2S2/c1-2-3-7(4,5)6/h2-3H,1H3,(H,4,5,6). The summed E-state index contributed by atoms with van der Waals surface area (Å²) in [4.78, 5) is 0. The second-order valence-corrected chi connectivity index (χ2v) is 3.72. The van der Waals surface area contributed by atoms with Gasteiger partial charge in [-0.3, -0.25) is 0 Å². The topological polar surface area (TPSA) is 37.3 Å². The first kappa shape index (κ1) is 7.07. The van der Waals surface area contributed by atoms with Crippen LogP contribution in [0.15, 0.2) is 11.5 Å². The Bertz CT molecular complexity index is 154. The van der Waals surface area contributed by atoms with Crippen molar-refractivity contribution in [3.63, 3.8) is 0 Å². The van der Waals surface area contributed by atoms with E-state index in [-0.39, 0.29) is 0 Å². The highest BCUT2D eigenvalue weighted by Crippen LogP contribution is 1.82. The first-order valence-corrected chi connectivity index (χ1v) is 4.17. The fraction of sp³-hybridized carbons (Fsp3) is 0.333. The molecule has 1 unspecified atom stereocenters. The van der Waals surface area contributed by atoms with Crippen molar-refractivity contribution in [1.82, 2.24) is 0 Å². The zero-order valence-corrected chi connectivity index (χ0v) is 5.46. The lowest BCUT2D eigenvalue weighted by Gasteiger charge is -1.80. The molecule has 2 nitrogen and oxygen atoms in total. The van der Waals surface area contributed by atoms with Crippen molar-refractivity contribution in [2.24, 2.45) is 0 Å². The van der Waals surface area contributed by atoms with Gasteiger partial charge in [0.15, 0.2) is 8.77 Å². The molecule has 1 atom stereocenters. The molecule has 0 aliphatic rings. The maximum Gasteiger partial charge on any atom is 0.163 e. The molecule has 0 saturated heterocycles. The summed E-state index contributed by atoms with van der Waals surface area (Å²) in [6, 6.07) is 0. The summed E-state index contributed by atoms with van der Waals surface area (Å²) in [6.07, 6.45) is 1.45. The Balaban J connectivity index is 4.13. The normalized spacial score (nSPS) is 19.7. The molecule has 0 saturated carbocycles. The minimum Gasteiger partial charge on any atom is -0.302 e. The molecule has 7 heavy (non-hydrogen) atoms. The highest BCUT2D eigenvalue weighted by atomic mass is 32.8. The molecular formula is C3H6O2S2. The van der Waals surface area contributed by atoms with Gasteiger partial charge in [0.1, 0.15) is 0 Å². The molecule has 0 spiro atoms. The second-order valence-electron chi connectivity index (χ2n) is 0.984. The monoisotopic (exact) mass is 138 g/mol. The Morgan fingerprint density at radius 2 is 2.29 bits per heavy atom. The maximum absolute atomic E-state index is 10.1. The summed E-state index contributed by atoms with van der Waals surface area (Å²) >= 11 is 4.08. The van der Waals surface area contributed by atoms with Crippen LogP contribution >= 0.6 is 0 Å². The van der Waals surface area contributed by atoms with Gasteiger partial charge in [0, 0.05) is 16.6 Å². The smallest absolute Gasteiger partial charge is 0.163 e. The molecule has 4 heteroatoms. The van der Waals surface area contributed by atoms with E-state index < -0.39 is 8.77 Å². The Hall–Kier alpha value is 0.0700. The highest BCUT2D eigenvalue weighted by Gasteiger charge is 1.84. The third-order valence-corrected chi connectivity index (χ3v) is 1.26. The number of hydrogen-bond donors (Lipinski definition) is 1. The van der Waals surface area contributed by atoms with Gasteiger partial charge in [0.05, 0.1) is 0 Å². The quantitative estimate of drug-likeness (QED) is 0.580. The van der Waals surface area contributed by atoms with Gasteiger partial charge in [-0.25, -0.2) is 4.21 Å². The number of allylic oxidation sites excluding steroid dienone is 1. The molecule has 0 aromatic rings. The van der Waals surface area contributed by atoms with Crippen molar-refractivity contribution in [2.45, 2.75) is 6.92 Å². The highest BCUT2D eigenvalue weighted by molar-refractivity contribution is 8.31. The van der Waals surface area contributed by atoms with Crippen LogP contribution in [0.1, 0.15) is 6.92 Å². The molecule has 0 rings (SSSR count). The van der Waals surface area contributed by atoms with Crippen LogP contribution in [0.25, 0.3) is 0 Å². The van der Waals surface area contributed by atoms with Crippen molar-refractivity contribution in [3.8, 4) is 0 Å². The van der Waals surface area contributed by atoms with Gasteiger partial charge in [0.2, 0.25) is 0 Å². The van der Waals surface area contributed by atoms with Gasteiger partial charge in [0.25, 0.3) is 0 Å². The third kappa shape index (κ3) is 6.07. The summed E-state index contributed by atoms with van der Waals surface area (Å²) in [5.74, 6) is 0. The fourth-order valence-electron chi connectivity index (χ4n) is 0.172. The Morgan fingerprint density at radius 3 is 2.29 bits per heavy atom.